The molecule has 1 aromatic carbocycles. The summed E-state index contributed by atoms with van der Waals surface area (Å²) in [5, 5.41) is 3.26. The van der Waals surface area contributed by atoms with Gasteiger partial charge < -0.3 is 5.32 Å². The van der Waals surface area contributed by atoms with E-state index in [0.717, 1.165) is 23.5 Å². The molecule has 0 spiro atoms. The van der Waals surface area contributed by atoms with E-state index in [1.54, 1.807) is 0 Å². The van der Waals surface area contributed by atoms with Crippen LogP contribution >= 0.6 is 0 Å². The summed E-state index contributed by atoms with van der Waals surface area (Å²) < 4.78 is 0. The van der Waals surface area contributed by atoms with E-state index in [9.17, 15) is 0 Å². The highest BCUT2D eigenvalue weighted by Crippen LogP contribution is 2.15. The van der Waals surface area contributed by atoms with Crippen LogP contribution in [0.15, 0.2) is 48.7 Å². The summed E-state index contributed by atoms with van der Waals surface area (Å²) in [5.41, 5.74) is 4.26. The minimum atomic E-state index is 0.872. The van der Waals surface area contributed by atoms with Crippen LogP contribution in [-0.4, -0.2) is 18.0 Å². The van der Waals surface area contributed by atoms with Crippen LogP contribution in [0.3, 0.4) is 0 Å². The number of benzene rings is 1. The Morgan fingerprint density at radius 2 is 1.60 bits per heavy atom. The molecule has 2 heteroatoms. The Bertz CT molecular complexity index is 425. The summed E-state index contributed by atoms with van der Waals surface area (Å²) >= 11 is 0. The first kappa shape index (κ1) is 16.5. The van der Waals surface area contributed by atoms with Crippen molar-refractivity contribution in [2.45, 2.75) is 40.2 Å². The number of hydrogen-bond donors (Lipinski definition) is 1. The topological polar surface area (TPSA) is 15.3 Å². The van der Waals surface area contributed by atoms with E-state index < -0.39 is 0 Å². The van der Waals surface area contributed by atoms with Gasteiger partial charge in [-0.15, -0.1) is 0 Å². The molecule has 0 fully saturated rings. The van der Waals surface area contributed by atoms with Crippen LogP contribution in [0.5, 0.6) is 0 Å². The average Bonchev–Trinajstić information content (AvgIpc) is 2.41. The number of nitrogens with zero attached hydrogens (tertiary/aromatic N) is 1. The molecule has 0 aliphatic rings. The van der Waals surface area contributed by atoms with Crippen molar-refractivity contribution in [2.75, 3.05) is 18.4 Å². The molecule has 0 radical (unpaired) electrons. The maximum atomic E-state index is 3.95. The predicted octanol–water partition coefficient (Wildman–Crippen LogP) is 4.81. The lowest BCUT2D eigenvalue weighted by molar-refractivity contribution is 0.266. The summed E-state index contributed by atoms with van der Waals surface area (Å²) in [6.07, 6.45) is 2.41. The number of rotatable bonds is 9. The first-order valence-corrected chi connectivity index (χ1v) is 7.49. The Balaban J connectivity index is 2.61. The molecule has 0 amide bonds. The molecule has 1 aromatic rings. The molecule has 2 nitrogen and oxygen atoms in total. The Hall–Kier alpha value is -1.54. The highest BCUT2D eigenvalue weighted by atomic mass is 15.1. The third-order valence-electron chi connectivity index (χ3n) is 3.25. The molecule has 0 unspecified atom stereocenters. The second-order valence-electron chi connectivity index (χ2n) is 5.36. The van der Waals surface area contributed by atoms with Gasteiger partial charge in [0, 0.05) is 17.9 Å². The summed E-state index contributed by atoms with van der Waals surface area (Å²) in [4.78, 5) is 2.51. The van der Waals surface area contributed by atoms with Gasteiger partial charge in [0.15, 0.2) is 0 Å². The van der Waals surface area contributed by atoms with Gasteiger partial charge in [0.1, 0.15) is 0 Å². The zero-order chi connectivity index (χ0) is 15.0. The molecule has 0 saturated carbocycles. The van der Waals surface area contributed by atoms with Crippen LogP contribution in [0.25, 0.3) is 0 Å². The van der Waals surface area contributed by atoms with E-state index in [-0.39, 0.29) is 0 Å². The van der Waals surface area contributed by atoms with Crippen LogP contribution < -0.4 is 5.32 Å². The Kier molecular flexibility index (Phi) is 7.10. The molecule has 20 heavy (non-hydrogen) atoms. The van der Waals surface area contributed by atoms with Crippen LogP contribution in [0, 0.1) is 0 Å². The summed E-state index contributed by atoms with van der Waals surface area (Å²) in [6, 6.07) is 8.59. The van der Waals surface area contributed by atoms with Crippen molar-refractivity contribution in [3.8, 4) is 0 Å². The Labute approximate surface area is 124 Å². The van der Waals surface area contributed by atoms with Crippen LogP contribution in [0.2, 0.25) is 0 Å². The lowest BCUT2D eigenvalue weighted by Crippen LogP contribution is -2.24. The second kappa shape index (κ2) is 8.60. The molecule has 110 valence electrons. The maximum absolute atomic E-state index is 3.95. The average molecular weight is 272 g/mol. The first-order chi connectivity index (χ1) is 9.56. The molecular weight excluding hydrogens is 244 g/mol. The molecule has 0 aliphatic carbocycles. The minimum Gasteiger partial charge on any atom is -0.356 e. The molecule has 0 heterocycles. The third kappa shape index (κ3) is 5.62. The van der Waals surface area contributed by atoms with Crippen molar-refractivity contribution >= 4 is 5.69 Å². The monoisotopic (exact) mass is 272 g/mol. The van der Waals surface area contributed by atoms with Crippen molar-refractivity contribution in [3.05, 3.63) is 54.3 Å². The molecule has 1 rings (SSSR count). The zero-order valence-electron chi connectivity index (χ0n) is 13.2. The van der Waals surface area contributed by atoms with Gasteiger partial charge in [0.25, 0.3) is 0 Å². The van der Waals surface area contributed by atoms with E-state index in [2.05, 4.69) is 61.5 Å². The molecule has 0 bridgehead atoms. The SMILES string of the molecule is C=C(C)C(=C)Nc1ccc(CN(CCC)CCC)cc1. The van der Waals surface area contributed by atoms with Gasteiger partial charge in [-0.05, 0) is 56.1 Å². The third-order valence-corrected chi connectivity index (χ3v) is 3.25. The molecule has 0 saturated heterocycles. The summed E-state index contributed by atoms with van der Waals surface area (Å²) in [6.45, 7) is 17.6. The largest absolute Gasteiger partial charge is 0.356 e. The summed E-state index contributed by atoms with van der Waals surface area (Å²) in [5.74, 6) is 0. The number of nitrogens with one attached hydrogen (secondary N) is 1. The fraction of sp³-hybridized carbons (Fsp3) is 0.444. The minimum absolute atomic E-state index is 0.872. The van der Waals surface area contributed by atoms with E-state index in [1.165, 1.54) is 31.5 Å². The van der Waals surface area contributed by atoms with E-state index in [1.807, 2.05) is 6.92 Å². The van der Waals surface area contributed by atoms with Crippen molar-refractivity contribution in [3.63, 3.8) is 0 Å². The quantitative estimate of drug-likeness (QED) is 0.649. The lowest BCUT2D eigenvalue weighted by atomic mass is 10.1. The van der Waals surface area contributed by atoms with Crippen molar-refractivity contribution in [1.29, 1.82) is 0 Å². The van der Waals surface area contributed by atoms with E-state index in [0.29, 0.717) is 0 Å². The van der Waals surface area contributed by atoms with Crippen molar-refractivity contribution in [2.24, 2.45) is 0 Å². The second-order valence-corrected chi connectivity index (χ2v) is 5.36. The fourth-order valence-corrected chi connectivity index (χ4v) is 2.13. The van der Waals surface area contributed by atoms with Crippen LogP contribution in [0.4, 0.5) is 5.69 Å². The van der Waals surface area contributed by atoms with Gasteiger partial charge in [-0.2, -0.15) is 0 Å². The number of hydrogen-bond acceptors (Lipinski definition) is 2. The normalized spacial score (nSPS) is 10.6. The van der Waals surface area contributed by atoms with Gasteiger partial charge in [-0.3, -0.25) is 4.90 Å². The van der Waals surface area contributed by atoms with Gasteiger partial charge in [0.2, 0.25) is 0 Å². The molecular formula is C18H28N2. The zero-order valence-corrected chi connectivity index (χ0v) is 13.2. The smallest absolute Gasteiger partial charge is 0.0384 e. The highest BCUT2D eigenvalue weighted by Gasteiger charge is 2.04. The molecule has 0 aliphatic heterocycles. The van der Waals surface area contributed by atoms with Crippen LogP contribution in [-0.2, 0) is 6.54 Å². The van der Waals surface area contributed by atoms with Gasteiger partial charge in [-0.1, -0.05) is 39.1 Å². The molecule has 1 N–H and O–H groups in total. The first-order valence-electron chi connectivity index (χ1n) is 7.49. The maximum Gasteiger partial charge on any atom is 0.0384 e. The van der Waals surface area contributed by atoms with E-state index in [4.69, 9.17) is 0 Å². The van der Waals surface area contributed by atoms with Gasteiger partial charge in [-0.25, -0.2) is 0 Å². The van der Waals surface area contributed by atoms with Crippen molar-refractivity contribution in [1.82, 2.24) is 4.90 Å². The molecule has 0 aromatic heterocycles. The molecule has 0 atom stereocenters. The Morgan fingerprint density at radius 3 is 2.05 bits per heavy atom. The fourth-order valence-electron chi connectivity index (χ4n) is 2.13. The standard InChI is InChI=1S/C18H28N2/c1-6-12-20(13-7-2)14-17-8-10-18(11-9-17)19-16(5)15(3)4/h8-11,19H,3,5-7,12-14H2,1-2,4H3. The van der Waals surface area contributed by atoms with Crippen LogP contribution in [0.1, 0.15) is 39.2 Å². The highest BCUT2D eigenvalue weighted by molar-refractivity contribution is 5.52. The number of anilines is 1. The number of allylic oxidation sites excluding steroid dienone is 1. The van der Waals surface area contributed by atoms with Gasteiger partial charge in [0.05, 0.1) is 0 Å². The van der Waals surface area contributed by atoms with Crippen molar-refractivity contribution < 1.29 is 0 Å². The van der Waals surface area contributed by atoms with E-state index >= 15 is 0 Å². The van der Waals surface area contributed by atoms with Gasteiger partial charge >= 0.3 is 0 Å². The Morgan fingerprint density at radius 1 is 1.05 bits per heavy atom. The predicted molar refractivity (Wildman–Crippen MR) is 89.9 cm³/mol. The summed E-state index contributed by atoms with van der Waals surface area (Å²) in [7, 11) is 0. The lowest BCUT2D eigenvalue weighted by Gasteiger charge is -2.21.